The fourth-order valence-electron chi connectivity index (χ4n) is 3.48. The van der Waals surface area contributed by atoms with Gasteiger partial charge in [-0.1, -0.05) is 0 Å². The van der Waals surface area contributed by atoms with Crippen molar-refractivity contribution in [1.82, 2.24) is 19.9 Å². The number of hydrogen-bond acceptors (Lipinski definition) is 5. The zero-order valence-corrected chi connectivity index (χ0v) is 15.9. The molecule has 1 aliphatic heterocycles. The van der Waals surface area contributed by atoms with Crippen LogP contribution in [0, 0.1) is 5.82 Å². The predicted molar refractivity (Wildman–Crippen MR) is 102 cm³/mol. The molecule has 0 amide bonds. The molecule has 0 spiro atoms. The highest BCUT2D eigenvalue weighted by atomic mass is 79.9. The van der Waals surface area contributed by atoms with Crippen LogP contribution in [0.4, 0.5) is 10.3 Å². The molecule has 0 unspecified atom stereocenters. The fraction of sp³-hybridized carbons (Fsp3) is 0.278. The summed E-state index contributed by atoms with van der Waals surface area (Å²) < 4.78 is 14.2. The van der Waals surface area contributed by atoms with E-state index in [4.69, 9.17) is 0 Å². The van der Waals surface area contributed by atoms with Crippen molar-refractivity contribution in [3.8, 4) is 0 Å². The molecule has 0 saturated carbocycles. The summed E-state index contributed by atoms with van der Waals surface area (Å²) in [5.74, 6) is -0.647. The molecule has 27 heavy (non-hydrogen) atoms. The summed E-state index contributed by atoms with van der Waals surface area (Å²) in [5, 5.41) is 10.6. The van der Waals surface area contributed by atoms with Crippen molar-refractivity contribution in [1.29, 1.82) is 0 Å². The van der Waals surface area contributed by atoms with Gasteiger partial charge in [0, 0.05) is 61.2 Å². The Bertz CT molecular complexity index is 970. The average Bonchev–Trinajstić information content (AvgIpc) is 3.05. The monoisotopic (exact) mass is 433 g/mol. The van der Waals surface area contributed by atoms with Crippen LogP contribution in [0.3, 0.4) is 0 Å². The highest BCUT2D eigenvalue weighted by Gasteiger charge is 2.32. The number of benzene rings is 1. The van der Waals surface area contributed by atoms with Gasteiger partial charge in [0.2, 0.25) is 5.95 Å². The van der Waals surface area contributed by atoms with Gasteiger partial charge in [0.05, 0.1) is 4.47 Å². The lowest BCUT2D eigenvalue weighted by atomic mass is 10.0. The van der Waals surface area contributed by atoms with Gasteiger partial charge in [0.25, 0.3) is 0 Å². The number of aliphatic carboxylic acids is 1. The summed E-state index contributed by atoms with van der Waals surface area (Å²) in [5.41, 5.74) is 1.24. The van der Waals surface area contributed by atoms with Crippen LogP contribution < -0.4 is 4.90 Å². The third-order valence-electron chi connectivity index (χ3n) is 4.77. The first kappa shape index (κ1) is 17.9. The SMILES string of the molecule is O=C(O)[C@@H](c1c[nH]c2cc(F)ccc12)N1CCN(c2ncc(Br)cn2)CC1. The van der Waals surface area contributed by atoms with Gasteiger partial charge in [0.1, 0.15) is 11.9 Å². The molecule has 4 rings (SSSR count). The van der Waals surface area contributed by atoms with Crippen molar-refractivity contribution >= 4 is 38.8 Å². The highest BCUT2D eigenvalue weighted by Crippen LogP contribution is 2.30. The van der Waals surface area contributed by atoms with Crippen LogP contribution in [-0.2, 0) is 4.79 Å². The Morgan fingerprint density at radius 1 is 1.22 bits per heavy atom. The van der Waals surface area contributed by atoms with Crippen LogP contribution in [0.5, 0.6) is 0 Å². The second-order valence-corrected chi connectivity index (χ2v) is 7.31. The number of carboxylic acid groups (broad SMARTS) is 1. The Balaban J connectivity index is 1.55. The van der Waals surface area contributed by atoms with E-state index in [0.29, 0.717) is 43.2 Å². The second-order valence-electron chi connectivity index (χ2n) is 6.40. The van der Waals surface area contributed by atoms with Gasteiger partial charge in [-0.3, -0.25) is 9.69 Å². The summed E-state index contributed by atoms with van der Waals surface area (Å²) in [4.78, 5) is 27.6. The normalized spacial score (nSPS) is 16.6. The molecule has 1 saturated heterocycles. The number of rotatable bonds is 4. The molecule has 0 radical (unpaired) electrons. The lowest BCUT2D eigenvalue weighted by Gasteiger charge is -2.37. The number of hydrogen-bond donors (Lipinski definition) is 2. The van der Waals surface area contributed by atoms with E-state index in [1.54, 1.807) is 24.7 Å². The number of aromatic nitrogens is 3. The minimum absolute atomic E-state index is 0.356. The molecular weight excluding hydrogens is 417 g/mol. The van der Waals surface area contributed by atoms with E-state index in [9.17, 15) is 14.3 Å². The van der Waals surface area contributed by atoms with Crippen LogP contribution in [0.2, 0.25) is 0 Å². The molecule has 7 nitrogen and oxygen atoms in total. The molecule has 1 aliphatic rings. The molecule has 2 N–H and O–H groups in total. The first-order chi connectivity index (χ1) is 13.0. The van der Waals surface area contributed by atoms with Crippen molar-refractivity contribution in [2.75, 3.05) is 31.1 Å². The molecule has 3 heterocycles. The van der Waals surface area contributed by atoms with E-state index in [1.165, 1.54) is 12.1 Å². The van der Waals surface area contributed by atoms with E-state index < -0.39 is 12.0 Å². The number of nitrogens with zero attached hydrogens (tertiary/aromatic N) is 4. The van der Waals surface area contributed by atoms with Gasteiger partial charge < -0.3 is 15.0 Å². The maximum absolute atomic E-state index is 13.4. The standard InChI is InChI=1S/C18H17BrFN5O2/c19-11-8-22-18(23-9-11)25-5-3-24(4-6-25)16(17(26)27)14-10-21-15-7-12(20)1-2-13(14)15/h1-2,7-10,16,21H,3-6H2,(H,26,27)/t16-/m1/s1. The number of fused-ring (bicyclic) bond motifs is 1. The summed E-state index contributed by atoms with van der Waals surface area (Å²) in [6.45, 7) is 2.37. The molecule has 1 atom stereocenters. The minimum atomic E-state index is -0.923. The molecule has 0 aliphatic carbocycles. The largest absolute Gasteiger partial charge is 0.480 e. The maximum atomic E-state index is 13.4. The topological polar surface area (TPSA) is 85.4 Å². The van der Waals surface area contributed by atoms with Crippen molar-refractivity contribution in [2.24, 2.45) is 0 Å². The number of H-pyrrole nitrogens is 1. The number of nitrogens with one attached hydrogen (secondary N) is 1. The lowest BCUT2D eigenvalue weighted by molar-refractivity contribution is -0.143. The average molecular weight is 434 g/mol. The molecule has 1 aromatic carbocycles. The number of halogens is 2. The maximum Gasteiger partial charge on any atom is 0.325 e. The van der Waals surface area contributed by atoms with Gasteiger partial charge >= 0.3 is 5.97 Å². The Hall–Kier alpha value is -2.52. The van der Waals surface area contributed by atoms with Gasteiger partial charge in [0.15, 0.2) is 0 Å². The summed E-state index contributed by atoms with van der Waals surface area (Å²) in [6.07, 6.45) is 5.05. The molecule has 1 fully saturated rings. The second kappa shape index (κ2) is 7.24. The third kappa shape index (κ3) is 3.52. The van der Waals surface area contributed by atoms with Crippen LogP contribution in [0.1, 0.15) is 11.6 Å². The number of anilines is 1. The first-order valence-corrected chi connectivity index (χ1v) is 9.28. The van der Waals surface area contributed by atoms with Gasteiger partial charge in [-0.25, -0.2) is 14.4 Å². The number of piperazine rings is 1. The van der Waals surface area contributed by atoms with Crippen LogP contribution in [0.15, 0.2) is 41.3 Å². The van der Waals surface area contributed by atoms with E-state index in [0.717, 1.165) is 9.86 Å². The predicted octanol–water partition coefficient (Wildman–Crippen LogP) is 2.81. The quantitative estimate of drug-likeness (QED) is 0.657. The molecule has 9 heteroatoms. The molecule has 0 bridgehead atoms. The Morgan fingerprint density at radius 2 is 1.93 bits per heavy atom. The first-order valence-electron chi connectivity index (χ1n) is 8.49. The minimum Gasteiger partial charge on any atom is -0.480 e. The number of aromatic amines is 1. The van der Waals surface area contributed by atoms with Crippen LogP contribution in [-0.4, -0.2) is 57.1 Å². The van der Waals surface area contributed by atoms with Crippen molar-refractivity contribution in [2.45, 2.75) is 6.04 Å². The van der Waals surface area contributed by atoms with Gasteiger partial charge in [-0.05, 0) is 34.1 Å². The van der Waals surface area contributed by atoms with E-state index >= 15 is 0 Å². The number of carbonyl (C=O) groups is 1. The third-order valence-corrected chi connectivity index (χ3v) is 5.18. The Kier molecular flexibility index (Phi) is 4.79. The summed E-state index contributed by atoms with van der Waals surface area (Å²) in [6, 6.07) is 3.55. The van der Waals surface area contributed by atoms with Crippen molar-refractivity contribution in [3.05, 3.63) is 52.6 Å². The highest BCUT2D eigenvalue weighted by molar-refractivity contribution is 9.10. The van der Waals surface area contributed by atoms with Crippen LogP contribution >= 0.6 is 15.9 Å². The van der Waals surface area contributed by atoms with Gasteiger partial charge in [-0.2, -0.15) is 0 Å². The van der Waals surface area contributed by atoms with E-state index in [1.807, 2.05) is 9.80 Å². The van der Waals surface area contributed by atoms with Crippen molar-refractivity contribution in [3.63, 3.8) is 0 Å². The summed E-state index contributed by atoms with van der Waals surface area (Å²) in [7, 11) is 0. The summed E-state index contributed by atoms with van der Waals surface area (Å²) >= 11 is 3.32. The lowest BCUT2D eigenvalue weighted by Crippen LogP contribution is -2.49. The van der Waals surface area contributed by atoms with Gasteiger partial charge in [-0.15, -0.1) is 0 Å². The Labute approximate surface area is 163 Å². The molecular formula is C18H17BrFN5O2. The number of carboxylic acids is 1. The molecule has 3 aromatic rings. The molecule has 2 aromatic heterocycles. The van der Waals surface area contributed by atoms with E-state index in [2.05, 4.69) is 30.9 Å². The zero-order valence-electron chi connectivity index (χ0n) is 14.3. The fourth-order valence-corrected chi connectivity index (χ4v) is 3.69. The Morgan fingerprint density at radius 3 is 2.59 bits per heavy atom. The van der Waals surface area contributed by atoms with Crippen LogP contribution in [0.25, 0.3) is 10.9 Å². The van der Waals surface area contributed by atoms with Crippen molar-refractivity contribution < 1.29 is 14.3 Å². The van der Waals surface area contributed by atoms with E-state index in [-0.39, 0.29) is 5.82 Å². The zero-order chi connectivity index (χ0) is 19.0. The molecule has 140 valence electrons. The smallest absolute Gasteiger partial charge is 0.325 e.